The van der Waals surface area contributed by atoms with Crippen molar-refractivity contribution in [1.82, 2.24) is 0 Å². The average Bonchev–Trinajstić information content (AvgIpc) is 2.18. The van der Waals surface area contributed by atoms with Gasteiger partial charge in [-0.25, -0.2) is 8.42 Å². The van der Waals surface area contributed by atoms with Gasteiger partial charge in [0.1, 0.15) is 0 Å². The summed E-state index contributed by atoms with van der Waals surface area (Å²) in [6.07, 6.45) is 5.19. The number of likely N-dealkylation sites (N-methyl/N-ethyl adjacent to an activating group) is 1. The van der Waals surface area contributed by atoms with E-state index in [4.69, 9.17) is 0 Å². The van der Waals surface area contributed by atoms with E-state index in [0.29, 0.717) is 0 Å². The summed E-state index contributed by atoms with van der Waals surface area (Å²) in [4.78, 5) is 0. The minimum atomic E-state index is -4.41. The van der Waals surface area contributed by atoms with E-state index < -0.39 is 10.4 Å². The third-order valence-corrected chi connectivity index (χ3v) is 2.52. The van der Waals surface area contributed by atoms with Gasteiger partial charge in [0.2, 0.25) is 10.4 Å². The van der Waals surface area contributed by atoms with E-state index in [2.05, 4.69) is 31.3 Å². The monoisotopic (exact) mass is 265 g/mol. The van der Waals surface area contributed by atoms with Crippen molar-refractivity contribution in [2.75, 3.05) is 33.8 Å². The minimum Gasteiger partial charge on any atom is -0.726 e. The Hall–Kier alpha value is -0.690. The molecular formula is C11H23NO4S. The van der Waals surface area contributed by atoms with E-state index in [-0.39, 0.29) is 0 Å². The Kier molecular flexibility index (Phi) is 10.3. The predicted octanol–water partition coefficient (Wildman–Crippen LogP) is 1.31. The summed E-state index contributed by atoms with van der Waals surface area (Å²) in [5.74, 6) is 0. The Bertz CT molecular complexity index is 301. The molecule has 0 amide bonds. The molecule has 0 fully saturated rings. The van der Waals surface area contributed by atoms with Crippen LogP contribution >= 0.6 is 0 Å². The van der Waals surface area contributed by atoms with Gasteiger partial charge >= 0.3 is 0 Å². The molecule has 0 rings (SSSR count). The maximum absolute atomic E-state index is 9.22. The SMILES string of the molecule is C=CC[N+](C)(CC=C)CCC.COS(=O)(=O)[O-]. The normalized spacial score (nSPS) is 11.3. The molecule has 5 nitrogen and oxygen atoms in total. The van der Waals surface area contributed by atoms with Crippen molar-refractivity contribution >= 4 is 10.4 Å². The second kappa shape index (κ2) is 9.35. The van der Waals surface area contributed by atoms with Crippen LogP contribution in [-0.4, -0.2) is 51.2 Å². The van der Waals surface area contributed by atoms with Crippen LogP contribution in [0.25, 0.3) is 0 Å². The van der Waals surface area contributed by atoms with Crippen LogP contribution in [0, 0.1) is 0 Å². The topological polar surface area (TPSA) is 66.4 Å². The number of rotatable bonds is 7. The van der Waals surface area contributed by atoms with Crippen molar-refractivity contribution in [3.05, 3.63) is 25.3 Å². The lowest BCUT2D eigenvalue weighted by atomic mass is 10.3. The molecular weight excluding hydrogens is 242 g/mol. The molecule has 0 aromatic carbocycles. The molecule has 0 aliphatic carbocycles. The van der Waals surface area contributed by atoms with Crippen molar-refractivity contribution in [3.63, 3.8) is 0 Å². The standard InChI is InChI=1S/C10H20N.CH4O4S/c1-5-8-11(4,9-6-2)10-7-3;1-5-6(2,3)4/h5-6H,1-2,7-10H2,3-4H3;1H3,(H,2,3,4)/q+1;/p-1. The van der Waals surface area contributed by atoms with Crippen LogP contribution in [-0.2, 0) is 14.6 Å². The Morgan fingerprint density at radius 3 is 1.82 bits per heavy atom. The zero-order valence-corrected chi connectivity index (χ0v) is 11.7. The molecule has 0 aromatic rings. The smallest absolute Gasteiger partial charge is 0.217 e. The van der Waals surface area contributed by atoms with Crippen LogP contribution in [0.3, 0.4) is 0 Å². The summed E-state index contributed by atoms with van der Waals surface area (Å²) in [6, 6.07) is 0. The number of quaternary nitrogens is 1. The van der Waals surface area contributed by atoms with Crippen LogP contribution in [0.5, 0.6) is 0 Å². The molecule has 0 aliphatic rings. The molecule has 0 saturated heterocycles. The predicted molar refractivity (Wildman–Crippen MR) is 68.2 cm³/mol. The first-order valence-corrected chi connectivity index (χ1v) is 6.64. The van der Waals surface area contributed by atoms with Crippen molar-refractivity contribution in [3.8, 4) is 0 Å². The zero-order chi connectivity index (χ0) is 13.9. The van der Waals surface area contributed by atoms with E-state index in [9.17, 15) is 13.0 Å². The fourth-order valence-corrected chi connectivity index (χ4v) is 1.42. The summed E-state index contributed by atoms with van der Waals surface area (Å²) in [6.45, 7) is 13.0. The largest absolute Gasteiger partial charge is 0.726 e. The van der Waals surface area contributed by atoms with Gasteiger partial charge in [0, 0.05) is 0 Å². The van der Waals surface area contributed by atoms with Gasteiger partial charge in [0.15, 0.2) is 0 Å². The highest BCUT2D eigenvalue weighted by Crippen LogP contribution is 2.03. The van der Waals surface area contributed by atoms with Crippen molar-refractivity contribution in [2.24, 2.45) is 0 Å². The highest BCUT2D eigenvalue weighted by atomic mass is 32.3. The third kappa shape index (κ3) is 13.2. The van der Waals surface area contributed by atoms with Gasteiger partial charge in [0.05, 0.1) is 33.8 Å². The summed E-state index contributed by atoms with van der Waals surface area (Å²) < 4.78 is 32.1. The van der Waals surface area contributed by atoms with Crippen LogP contribution in [0.2, 0.25) is 0 Å². The highest BCUT2D eigenvalue weighted by Gasteiger charge is 2.15. The van der Waals surface area contributed by atoms with Crippen LogP contribution in [0.1, 0.15) is 13.3 Å². The first kappa shape index (κ1) is 18.7. The molecule has 0 aromatic heterocycles. The third-order valence-electron chi connectivity index (χ3n) is 2.11. The first-order valence-electron chi connectivity index (χ1n) is 5.31. The zero-order valence-electron chi connectivity index (χ0n) is 10.9. The molecule has 0 radical (unpaired) electrons. The Balaban J connectivity index is 0. The summed E-state index contributed by atoms with van der Waals surface area (Å²) >= 11 is 0. The van der Waals surface area contributed by atoms with Crippen LogP contribution in [0.4, 0.5) is 0 Å². The van der Waals surface area contributed by atoms with E-state index in [1.54, 1.807) is 0 Å². The lowest BCUT2D eigenvalue weighted by Crippen LogP contribution is -2.44. The molecule has 102 valence electrons. The Morgan fingerprint density at radius 1 is 1.29 bits per heavy atom. The van der Waals surface area contributed by atoms with Gasteiger partial charge in [-0.2, -0.15) is 0 Å². The molecule has 0 saturated carbocycles. The lowest BCUT2D eigenvalue weighted by Gasteiger charge is -2.31. The molecule has 0 unspecified atom stereocenters. The van der Waals surface area contributed by atoms with Gasteiger partial charge in [0.25, 0.3) is 0 Å². The Labute approximate surface area is 105 Å². The van der Waals surface area contributed by atoms with E-state index in [1.807, 2.05) is 12.2 Å². The maximum Gasteiger partial charge on any atom is 0.217 e. The molecule has 0 N–H and O–H groups in total. The van der Waals surface area contributed by atoms with Gasteiger partial charge in [-0.15, -0.1) is 0 Å². The summed E-state index contributed by atoms with van der Waals surface area (Å²) in [7, 11) is -1.36. The quantitative estimate of drug-likeness (QED) is 0.301. The lowest BCUT2D eigenvalue weighted by molar-refractivity contribution is -0.898. The molecule has 6 heteroatoms. The van der Waals surface area contributed by atoms with Gasteiger partial charge < -0.3 is 9.04 Å². The molecule has 0 aliphatic heterocycles. The summed E-state index contributed by atoms with van der Waals surface area (Å²) in [5.41, 5.74) is 0. The molecule has 0 spiro atoms. The van der Waals surface area contributed by atoms with Crippen LogP contribution < -0.4 is 0 Å². The fourth-order valence-electron chi connectivity index (χ4n) is 1.42. The first-order chi connectivity index (χ1) is 7.74. The fraction of sp³-hybridized carbons (Fsp3) is 0.636. The number of nitrogens with zero attached hydrogens (tertiary/aromatic N) is 1. The number of hydrogen-bond acceptors (Lipinski definition) is 4. The molecule has 0 atom stereocenters. The van der Waals surface area contributed by atoms with Crippen molar-refractivity contribution in [2.45, 2.75) is 13.3 Å². The van der Waals surface area contributed by atoms with Crippen LogP contribution in [0.15, 0.2) is 25.3 Å². The van der Waals surface area contributed by atoms with Crippen molar-refractivity contribution in [1.29, 1.82) is 0 Å². The molecule has 17 heavy (non-hydrogen) atoms. The van der Waals surface area contributed by atoms with Gasteiger partial charge in [-0.1, -0.05) is 20.1 Å². The maximum atomic E-state index is 9.22. The highest BCUT2D eigenvalue weighted by molar-refractivity contribution is 7.80. The second-order valence-electron chi connectivity index (χ2n) is 3.86. The average molecular weight is 265 g/mol. The molecule has 0 bridgehead atoms. The van der Waals surface area contributed by atoms with Gasteiger partial charge in [-0.3, -0.25) is 4.18 Å². The number of hydrogen-bond donors (Lipinski definition) is 0. The van der Waals surface area contributed by atoms with E-state index in [0.717, 1.165) is 24.7 Å². The van der Waals surface area contributed by atoms with Gasteiger partial charge in [-0.05, 0) is 18.6 Å². The van der Waals surface area contributed by atoms with E-state index in [1.165, 1.54) is 13.0 Å². The second-order valence-corrected chi connectivity index (χ2v) is 5.01. The minimum absolute atomic E-state index is 0.808. The summed E-state index contributed by atoms with van der Waals surface area (Å²) in [5, 5.41) is 0. The molecule has 0 heterocycles. The Morgan fingerprint density at radius 2 is 1.65 bits per heavy atom. The van der Waals surface area contributed by atoms with E-state index >= 15 is 0 Å². The van der Waals surface area contributed by atoms with Crippen molar-refractivity contribution < 1.29 is 21.6 Å².